The van der Waals surface area contributed by atoms with E-state index < -0.39 is 0 Å². The fraction of sp³-hybridized carbons (Fsp3) is 0.556. The third-order valence-electron chi connectivity index (χ3n) is 4.91. The lowest BCUT2D eigenvalue weighted by molar-refractivity contribution is -0.117. The molecule has 23 heavy (non-hydrogen) atoms. The standard InChI is InChI=1S/C18H25N3O2/c1-12-9-16(12)17(22)20-15-5-3-14(4-6-15)18(23)21-8-7-13(11-21)10-19-2/h3-6,12-13,16,19H,7-11H2,1-2H3,(H,20,22). The van der Waals surface area contributed by atoms with Gasteiger partial charge in [-0.05, 0) is 62.5 Å². The number of rotatable bonds is 5. The van der Waals surface area contributed by atoms with Gasteiger partial charge >= 0.3 is 0 Å². The molecule has 2 N–H and O–H groups in total. The molecule has 2 fully saturated rings. The van der Waals surface area contributed by atoms with Crippen LogP contribution >= 0.6 is 0 Å². The van der Waals surface area contributed by atoms with Gasteiger partial charge < -0.3 is 15.5 Å². The van der Waals surface area contributed by atoms with Gasteiger partial charge in [0.05, 0.1) is 0 Å². The van der Waals surface area contributed by atoms with Gasteiger partial charge in [-0.3, -0.25) is 9.59 Å². The molecule has 2 aliphatic rings. The van der Waals surface area contributed by atoms with Gasteiger partial charge in [-0.2, -0.15) is 0 Å². The fourth-order valence-electron chi connectivity index (χ4n) is 3.27. The van der Waals surface area contributed by atoms with E-state index in [0.717, 1.165) is 38.2 Å². The van der Waals surface area contributed by atoms with Crippen molar-refractivity contribution in [2.24, 2.45) is 17.8 Å². The highest BCUT2D eigenvalue weighted by atomic mass is 16.2. The maximum Gasteiger partial charge on any atom is 0.253 e. The molecule has 5 heteroatoms. The van der Waals surface area contributed by atoms with Crippen LogP contribution in [0.4, 0.5) is 5.69 Å². The van der Waals surface area contributed by atoms with Crippen LogP contribution in [0, 0.1) is 17.8 Å². The van der Waals surface area contributed by atoms with Crippen molar-refractivity contribution in [3.63, 3.8) is 0 Å². The molecule has 1 aromatic carbocycles. The SMILES string of the molecule is CNCC1CCN(C(=O)c2ccc(NC(=O)C3CC3C)cc2)C1. The summed E-state index contributed by atoms with van der Waals surface area (Å²) in [4.78, 5) is 26.3. The summed E-state index contributed by atoms with van der Waals surface area (Å²) in [5.41, 5.74) is 1.45. The first-order valence-corrected chi connectivity index (χ1v) is 8.43. The number of hydrogen-bond acceptors (Lipinski definition) is 3. The summed E-state index contributed by atoms with van der Waals surface area (Å²) < 4.78 is 0. The number of benzene rings is 1. The average Bonchev–Trinajstić information content (AvgIpc) is 3.10. The molecule has 0 radical (unpaired) electrons. The molecule has 0 aromatic heterocycles. The Balaban J connectivity index is 1.56. The topological polar surface area (TPSA) is 61.4 Å². The van der Waals surface area contributed by atoms with Crippen molar-refractivity contribution in [1.82, 2.24) is 10.2 Å². The molecule has 1 aliphatic carbocycles. The van der Waals surface area contributed by atoms with E-state index in [1.165, 1.54) is 0 Å². The Morgan fingerprint density at radius 1 is 1.26 bits per heavy atom. The van der Waals surface area contributed by atoms with Gasteiger partial charge in [0, 0.05) is 30.3 Å². The van der Waals surface area contributed by atoms with Gasteiger partial charge in [-0.15, -0.1) is 0 Å². The maximum absolute atomic E-state index is 12.5. The van der Waals surface area contributed by atoms with E-state index in [2.05, 4.69) is 17.6 Å². The molecule has 124 valence electrons. The molecule has 3 unspecified atom stereocenters. The number of nitrogens with zero attached hydrogens (tertiary/aromatic N) is 1. The summed E-state index contributed by atoms with van der Waals surface area (Å²) in [6, 6.07) is 7.25. The summed E-state index contributed by atoms with van der Waals surface area (Å²) in [5, 5.41) is 6.10. The molecule has 2 amide bonds. The van der Waals surface area contributed by atoms with Gasteiger partial charge in [-0.25, -0.2) is 0 Å². The smallest absolute Gasteiger partial charge is 0.253 e. The quantitative estimate of drug-likeness (QED) is 0.873. The van der Waals surface area contributed by atoms with Crippen molar-refractivity contribution in [3.05, 3.63) is 29.8 Å². The number of anilines is 1. The second-order valence-electron chi connectivity index (χ2n) is 6.85. The molecule has 0 bridgehead atoms. The summed E-state index contributed by atoms with van der Waals surface area (Å²) in [7, 11) is 1.94. The van der Waals surface area contributed by atoms with Crippen LogP contribution in [0.1, 0.15) is 30.1 Å². The van der Waals surface area contributed by atoms with E-state index in [1.54, 1.807) is 12.1 Å². The van der Waals surface area contributed by atoms with E-state index in [1.807, 2.05) is 24.1 Å². The second kappa shape index (κ2) is 6.71. The van der Waals surface area contributed by atoms with Crippen molar-refractivity contribution >= 4 is 17.5 Å². The Labute approximate surface area is 137 Å². The number of amides is 2. The number of nitrogens with one attached hydrogen (secondary N) is 2. The van der Waals surface area contributed by atoms with Crippen molar-refractivity contribution in [2.45, 2.75) is 19.8 Å². The monoisotopic (exact) mass is 315 g/mol. The van der Waals surface area contributed by atoms with Gasteiger partial charge in [0.15, 0.2) is 0 Å². The first-order chi connectivity index (χ1) is 11.1. The normalized spacial score (nSPS) is 26.2. The van der Waals surface area contributed by atoms with Crippen LogP contribution in [0.3, 0.4) is 0 Å². The molecule has 0 spiro atoms. The molecule has 3 atom stereocenters. The van der Waals surface area contributed by atoms with Crippen LogP contribution in [0.15, 0.2) is 24.3 Å². The van der Waals surface area contributed by atoms with Crippen LogP contribution in [0.2, 0.25) is 0 Å². The van der Waals surface area contributed by atoms with E-state index in [4.69, 9.17) is 0 Å². The molecule has 1 aliphatic heterocycles. The minimum Gasteiger partial charge on any atom is -0.338 e. The van der Waals surface area contributed by atoms with Crippen molar-refractivity contribution in [2.75, 3.05) is 32.0 Å². The summed E-state index contributed by atoms with van der Waals surface area (Å²) in [5.74, 6) is 1.37. The Morgan fingerprint density at radius 3 is 2.57 bits per heavy atom. The Kier molecular flexibility index (Phi) is 4.66. The molecule has 3 rings (SSSR count). The number of carbonyl (C=O) groups is 2. The molecular formula is C18H25N3O2. The molecular weight excluding hydrogens is 290 g/mol. The molecule has 1 saturated heterocycles. The van der Waals surface area contributed by atoms with Crippen molar-refractivity contribution in [3.8, 4) is 0 Å². The van der Waals surface area contributed by atoms with Crippen LogP contribution < -0.4 is 10.6 Å². The number of carbonyl (C=O) groups excluding carboxylic acids is 2. The van der Waals surface area contributed by atoms with Gasteiger partial charge in [0.25, 0.3) is 5.91 Å². The van der Waals surface area contributed by atoms with Gasteiger partial charge in [0.1, 0.15) is 0 Å². The third kappa shape index (κ3) is 3.72. The first kappa shape index (κ1) is 16.0. The zero-order chi connectivity index (χ0) is 16.4. The molecule has 5 nitrogen and oxygen atoms in total. The Hall–Kier alpha value is -1.88. The minimum absolute atomic E-state index is 0.0808. The number of likely N-dealkylation sites (tertiary alicyclic amines) is 1. The van der Waals surface area contributed by atoms with E-state index in [9.17, 15) is 9.59 Å². The summed E-state index contributed by atoms with van der Waals surface area (Å²) in [6.45, 7) is 4.68. The van der Waals surface area contributed by atoms with Crippen LogP contribution in [-0.4, -0.2) is 43.4 Å². The summed E-state index contributed by atoms with van der Waals surface area (Å²) in [6.07, 6.45) is 2.03. The Morgan fingerprint density at radius 2 is 1.96 bits per heavy atom. The molecule has 1 heterocycles. The predicted octanol–water partition coefficient (Wildman–Crippen LogP) is 1.96. The van der Waals surface area contributed by atoms with E-state index in [0.29, 0.717) is 17.4 Å². The zero-order valence-electron chi connectivity index (χ0n) is 13.8. The highest BCUT2D eigenvalue weighted by Gasteiger charge is 2.39. The van der Waals surface area contributed by atoms with Gasteiger partial charge in [0.2, 0.25) is 5.91 Å². The number of hydrogen-bond donors (Lipinski definition) is 2. The van der Waals surface area contributed by atoms with E-state index >= 15 is 0 Å². The lowest BCUT2D eigenvalue weighted by Crippen LogP contribution is -2.30. The second-order valence-corrected chi connectivity index (χ2v) is 6.85. The van der Waals surface area contributed by atoms with Crippen LogP contribution in [-0.2, 0) is 4.79 Å². The average molecular weight is 315 g/mol. The van der Waals surface area contributed by atoms with Crippen LogP contribution in [0.25, 0.3) is 0 Å². The third-order valence-corrected chi connectivity index (χ3v) is 4.91. The Bertz CT molecular complexity index is 584. The summed E-state index contributed by atoms with van der Waals surface area (Å²) >= 11 is 0. The lowest BCUT2D eigenvalue weighted by atomic mass is 10.1. The highest BCUT2D eigenvalue weighted by molar-refractivity contribution is 5.97. The van der Waals surface area contributed by atoms with Gasteiger partial charge in [-0.1, -0.05) is 6.92 Å². The minimum atomic E-state index is 0.0808. The highest BCUT2D eigenvalue weighted by Crippen LogP contribution is 2.38. The van der Waals surface area contributed by atoms with Crippen molar-refractivity contribution < 1.29 is 9.59 Å². The zero-order valence-corrected chi connectivity index (χ0v) is 13.8. The molecule has 1 saturated carbocycles. The fourth-order valence-corrected chi connectivity index (χ4v) is 3.27. The first-order valence-electron chi connectivity index (χ1n) is 8.43. The lowest BCUT2D eigenvalue weighted by Gasteiger charge is -2.17. The van der Waals surface area contributed by atoms with Crippen molar-refractivity contribution in [1.29, 1.82) is 0 Å². The van der Waals surface area contributed by atoms with E-state index in [-0.39, 0.29) is 17.7 Å². The van der Waals surface area contributed by atoms with Crippen LogP contribution in [0.5, 0.6) is 0 Å². The molecule has 1 aromatic rings. The largest absolute Gasteiger partial charge is 0.338 e. The predicted molar refractivity (Wildman–Crippen MR) is 90.3 cm³/mol. The maximum atomic E-state index is 12.5.